The molecule has 0 aliphatic rings. The Labute approximate surface area is 111 Å². The van der Waals surface area contributed by atoms with Gasteiger partial charge in [-0.25, -0.2) is 0 Å². The van der Waals surface area contributed by atoms with Crippen LogP contribution in [-0.2, 0) is 11.2 Å². The summed E-state index contributed by atoms with van der Waals surface area (Å²) in [6.45, 7) is 9.18. The molecule has 3 nitrogen and oxygen atoms in total. The van der Waals surface area contributed by atoms with Crippen LogP contribution in [0.2, 0.25) is 0 Å². The summed E-state index contributed by atoms with van der Waals surface area (Å²) in [6.07, 6.45) is 1.00. The highest BCUT2D eigenvalue weighted by atomic mass is 16.5. The quantitative estimate of drug-likeness (QED) is 0.577. The van der Waals surface area contributed by atoms with Gasteiger partial charge in [-0.2, -0.15) is 0 Å². The predicted octanol–water partition coefficient (Wildman–Crippen LogP) is 2.61. The van der Waals surface area contributed by atoms with Crippen LogP contribution in [0.5, 0.6) is 0 Å². The van der Waals surface area contributed by atoms with Crippen LogP contribution in [0.4, 0.5) is 0 Å². The van der Waals surface area contributed by atoms with E-state index >= 15 is 0 Å². The Hall–Kier alpha value is -0.900. The van der Waals surface area contributed by atoms with Crippen LogP contribution in [-0.4, -0.2) is 18.8 Å². The van der Waals surface area contributed by atoms with Crippen LogP contribution >= 0.6 is 0 Å². The molecule has 0 heterocycles. The topological polar surface area (TPSA) is 47.3 Å². The van der Waals surface area contributed by atoms with E-state index in [0.717, 1.165) is 6.42 Å². The molecule has 0 amide bonds. The van der Waals surface area contributed by atoms with Crippen LogP contribution in [0.3, 0.4) is 0 Å². The Morgan fingerprint density at radius 1 is 1.17 bits per heavy atom. The molecule has 0 aliphatic heterocycles. The predicted molar refractivity (Wildman–Crippen MR) is 76.4 cm³/mol. The average molecular weight is 250 g/mol. The highest BCUT2D eigenvalue weighted by molar-refractivity contribution is 5.25. The summed E-state index contributed by atoms with van der Waals surface area (Å²) in [5, 5.41) is 0. The number of hydrazine groups is 1. The van der Waals surface area contributed by atoms with E-state index in [1.54, 1.807) is 0 Å². The van der Waals surface area contributed by atoms with E-state index in [4.69, 9.17) is 10.6 Å². The Bertz CT molecular complexity index is 335. The van der Waals surface area contributed by atoms with Crippen LogP contribution in [0.15, 0.2) is 24.3 Å². The van der Waals surface area contributed by atoms with Crippen molar-refractivity contribution in [2.75, 3.05) is 6.61 Å². The molecule has 0 radical (unpaired) electrons. The number of nitrogens with two attached hydrogens (primary N) is 1. The van der Waals surface area contributed by atoms with Crippen molar-refractivity contribution in [1.82, 2.24) is 5.43 Å². The van der Waals surface area contributed by atoms with Crippen molar-refractivity contribution in [3.63, 3.8) is 0 Å². The van der Waals surface area contributed by atoms with E-state index in [1.165, 1.54) is 11.1 Å². The number of nitrogens with one attached hydrogen (secondary N) is 1. The van der Waals surface area contributed by atoms with Crippen molar-refractivity contribution in [3.05, 3.63) is 35.4 Å². The fourth-order valence-electron chi connectivity index (χ4n) is 2.03. The molecule has 3 heteroatoms. The Balaban J connectivity index is 2.64. The molecule has 0 saturated heterocycles. The van der Waals surface area contributed by atoms with Gasteiger partial charge in [-0.15, -0.1) is 0 Å². The summed E-state index contributed by atoms with van der Waals surface area (Å²) < 4.78 is 5.59. The van der Waals surface area contributed by atoms with Crippen LogP contribution in [0, 0.1) is 0 Å². The van der Waals surface area contributed by atoms with Gasteiger partial charge in [0.1, 0.15) is 0 Å². The summed E-state index contributed by atoms with van der Waals surface area (Å²) in [7, 11) is 0. The second-order valence-corrected chi connectivity index (χ2v) is 5.03. The molecule has 0 spiro atoms. The molecule has 102 valence electrons. The number of hydrogen-bond acceptors (Lipinski definition) is 3. The molecular weight excluding hydrogens is 224 g/mol. The third-order valence-corrected chi connectivity index (χ3v) is 3.31. The number of rotatable bonds is 7. The lowest BCUT2D eigenvalue weighted by Gasteiger charge is -2.23. The smallest absolute Gasteiger partial charge is 0.0716 e. The lowest BCUT2D eigenvalue weighted by molar-refractivity contribution is 0.0476. The van der Waals surface area contributed by atoms with Crippen molar-refractivity contribution in [1.29, 1.82) is 0 Å². The van der Waals surface area contributed by atoms with Gasteiger partial charge in [0.2, 0.25) is 0 Å². The highest BCUT2D eigenvalue weighted by Gasteiger charge is 2.16. The minimum absolute atomic E-state index is 0.116. The standard InChI is InChI=1S/C15H26N2O/c1-5-18-12(4)15(17-16)10-13-6-8-14(9-7-13)11(2)3/h6-9,11-12,15,17H,5,10,16H2,1-4H3. The van der Waals surface area contributed by atoms with E-state index in [-0.39, 0.29) is 12.1 Å². The second kappa shape index (κ2) is 7.52. The van der Waals surface area contributed by atoms with Gasteiger partial charge < -0.3 is 4.74 Å². The van der Waals surface area contributed by atoms with Gasteiger partial charge in [0.15, 0.2) is 0 Å². The maximum Gasteiger partial charge on any atom is 0.0716 e. The Morgan fingerprint density at radius 3 is 2.22 bits per heavy atom. The van der Waals surface area contributed by atoms with E-state index in [1.807, 2.05) is 6.92 Å². The van der Waals surface area contributed by atoms with Gasteiger partial charge in [-0.05, 0) is 37.3 Å². The van der Waals surface area contributed by atoms with Crippen molar-refractivity contribution in [2.45, 2.75) is 52.2 Å². The second-order valence-electron chi connectivity index (χ2n) is 5.03. The lowest BCUT2D eigenvalue weighted by atomic mass is 9.98. The fourth-order valence-corrected chi connectivity index (χ4v) is 2.03. The molecule has 1 rings (SSSR count). The normalized spacial score (nSPS) is 14.8. The largest absolute Gasteiger partial charge is 0.377 e. The van der Waals surface area contributed by atoms with E-state index in [9.17, 15) is 0 Å². The van der Waals surface area contributed by atoms with E-state index < -0.39 is 0 Å². The van der Waals surface area contributed by atoms with Gasteiger partial charge in [-0.1, -0.05) is 38.1 Å². The van der Waals surface area contributed by atoms with E-state index in [2.05, 4.69) is 50.5 Å². The number of ether oxygens (including phenoxy) is 1. The van der Waals surface area contributed by atoms with E-state index in [0.29, 0.717) is 12.5 Å². The zero-order chi connectivity index (χ0) is 13.5. The minimum atomic E-state index is 0.116. The molecule has 0 aromatic heterocycles. The zero-order valence-corrected chi connectivity index (χ0v) is 11.9. The lowest BCUT2D eigenvalue weighted by Crippen LogP contribution is -2.45. The molecular formula is C15H26N2O. The molecule has 3 N–H and O–H groups in total. The van der Waals surface area contributed by atoms with Gasteiger partial charge >= 0.3 is 0 Å². The molecule has 2 atom stereocenters. The Kier molecular flexibility index (Phi) is 6.33. The van der Waals surface area contributed by atoms with Gasteiger partial charge in [0.25, 0.3) is 0 Å². The maximum atomic E-state index is 5.60. The summed E-state index contributed by atoms with van der Waals surface area (Å²) in [5.41, 5.74) is 5.50. The van der Waals surface area contributed by atoms with Crippen LogP contribution in [0.1, 0.15) is 44.7 Å². The maximum absolute atomic E-state index is 5.60. The van der Waals surface area contributed by atoms with Crippen molar-refractivity contribution in [2.24, 2.45) is 5.84 Å². The van der Waals surface area contributed by atoms with Crippen molar-refractivity contribution < 1.29 is 4.74 Å². The molecule has 2 unspecified atom stereocenters. The summed E-state index contributed by atoms with van der Waals surface area (Å²) in [4.78, 5) is 0. The SMILES string of the molecule is CCOC(C)C(Cc1ccc(C(C)C)cc1)NN. The monoisotopic (exact) mass is 250 g/mol. The third kappa shape index (κ3) is 4.41. The van der Waals surface area contributed by atoms with Gasteiger partial charge in [0.05, 0.1) is 12.1 Å². The molecule has 18 heavy (non-hydrogen) atoms. The van der Waals surface area contributed by atoms with Gasteiger partial charge in [0, 0.05) is 6.61 Å². The van der Waals surface area contributed by atoms with Gasteiger partial charge in [-0.3, -0.25) is 11.3 Å². The highest BCUT2D eigenvalue weighted by Crippen LogP contribution is 2.16. The molecule has 0 saturated carbocycles. The van der Waals surface area contributed by atoms with Crippen LogP contribution in [0.25, 0.3) is 0 Å². The molecule has 0 aliphatic carbocycles. The molecule has 0 fully saturated rings. The summed E-state index contributed by atoms with van der Waals surface area (Å²) in [6, 6.07) is 8.89. The Morgan fingerprint density at radius 2 is 1.78 bits per heavy atom. The average Bonchev–Trinajstić information content (AvgIpc) is 2.36. The fraction of sp³-hybridized carbons (Fsp3) is 0.600. The summed E-state index contributed by atoms with van der Waals surface area (Å²) >= 11 is 0. The first-order valence-corrected chi connectivity index (χ1v) is 6.75. The summed E-state index contributed by atoms with van der Waals surface area (Å²) in [5.74, 6) is 6.17. The number of benzene rings is 1. The molecule has 1 aromatic carbocycles. The molecule has 0 bridgehead atoms. The molecule has 1 aromatic rings. The third-order valence-electron chi connectivity index (χ3n) is 3.31. The van der Waals surface area contributed by atoms with Crippen molar-refractivity contribution in [3.8, 4) is 0 Å². The first-order valence-electron chi connectivity index (χ1n) is 6.75. The van der Waals surface area contributed by atoms with Crippen molar-refractivity contribution >= 4 is 0 Å². The van der Waals surface area contributed by atoms with Crippen LogP contribution < -0.4 is 11.3 Å². The zero-order valence-electron chi connectivity index (χ0n) is 11.9. The number of hydrogen-bond donors (Lipinski definition) is 2. The first kappa shape index (κ1) is 15.2. The first-order chi connectivity index (χ1) is 8.58. The minimum Gasteiger partial charge on any atom is -0.377 e.